The number of hydrogen-bond donors (Lipinski definition) is 0. The molecule has 2 heterocycles. The van der Waals surface area contributed by atoms with E-state index in [1.807, 2.05) is 17.0 Å². The maximum absolute atomic E-state index is 12.7. The highest BCUT2D eigenvalue weighted by Crippen LogP contribution is 2.32. The van der Waals surface area contributed by atoms with Crippen molar-refractivity contribution in [1.29, 1.82) is 0 Å². The van der Waals surface area contributed by atoms with Crippen LogP contribution in [0.3, 0.4) is 0 Å². The van der Waals surface area contributed by atoms with Gasteiger partial charge in [0.1, 0.15) is 11.5 Å². The van der Waals surface area contributed by atoms with Crippen molar-refractivity contribution in [3.05, 3.63) is 65.5 Å². The highest BCUT2D eigenvalue weighted by molar-refractivity contribution is 5.87. The smallest absolute Gasteiger partial charge is 0.412 e. The number of amides is 1. The van der Waals surface area contributed by atoms with Crippen LogP contribution in [0.4, 0.5) is 13.2 Å². The summed E-state index contributed by atoms with van der Waals surface area (Å²) in [7, 11) is 0. The number of nitrogens with zero attached hydrogens (tertiary/aromatic N) is 2. The molecule has 1 saturated heterocycles. The topological polar surface area (TPSA) is 32.8 Å². The normalized spacial score (nSPS) is 19.2. The lowest BCUT2D eigenvalue weighted by atomic mass is 9.94. The first-order valence-electron chi connectivity index (χ1n) is 10.6. The lowest BCUT2D eigenvalue weighted by Gasteiger charge is -2.40. The Morgan fingerprint density at radius 2 is 1.87 bits per heavy atom. The van der Waals surface area contributed by atoms with Crippen LogP contribution in [0.1, 0.15) is 37.8 Å². The van der Waals surface area contributed by atoms with Gasteiger partial charge in [-0.1, -0.05) is 24.8 Å². The molecule has 1 fully saturated rings. The number of carbonyl (C=O) groups excluding carboxylic acids is 1. The fourth-order valence-corrected chi connectivity index (χ4v) is 4.13. The average Bonchev–Trinajstić information content (AvgIpc) is 2.76. The van der Waals surface area contributed by atoms with Gasteiger partial charge < -0.3 is 9.64 Å². The van der Waals surface area contributed by atoms with Gasteiger partial charge in [-0.3, -0.25) is 9.69 Å². The van der Waals surface area contributed by atoms with Gasteiger partial charge in [0.05, 0.1) is 0 Å². The molecule has 2 aliphatic heterocycles. The molecule has 1 aromatic rings. The second-order valence-electron chi connectivity index (χ2n) is 8.10. The Hall–Kier alpha value is -2.54. The number of benzene rings is 1. The maximum atomic E-state index is 12.7. The summed E-state index contributed by atoms with van der Waals surface area (Å²) >= 11 is 0. The number of halogens is 3. The second-order valence-corrected chi connectivity index (χ2v) is 8.10. The Morgan fingerprint density at radius 1 is 1.16 bits per heavy atom. The first kappa shape index (κ1) is 23.1. The van der Waals surface area contributed by atoms with E-state index in [4.69, 9.17) is 4.74 Å². The van der Waals surface area contributed by atoms with E-state index in [2.05, 4.69) is 17.5 Å². The lowest BCUT2D eigenvalue weighted by molar-refractivity contribution is -0.127. The highest BCUT2D eigenvalue weighted by atomic mass is 19.4. The molecule has 0 N–H and O–H groups in total. The fraction of sp³-hybridized carbons (Fsp3) is 0.458. The van der Waals surface area contributed by atoms with Gasteiger partial charge in [-0.05, 0) is 56.9 Å². The number of rotatable bonds is 5. The van der Waals surface area contributed by atoms with Crippen LogP contribution in [-0.2, 0) is 17.8 Å². The van der Waals surface area contributed by atoms with Crippen LogP contribution < -0.4 is 4.74 Å². The van der Waals surface area contributed by atoms with Crippen molar-refractivity contribution in [3.63, 3.8) is 0 Å². The van der Waals surface area contributed by atoms with E-state index in [0.29, 0.717) is 17.6 Å². The van der Waals surface area contributed by atoms with Gasteiger partial charge in [0.15, 0.2) is 0 Å². The maximum Gasteiger partial charge on any atom is 0.412 e. The summed E-state index contributed by atoms with van der Waals surface area (Å²) in [5.41, 5.74) is 1.63. The monoisotopic (exact) mass is 434 g/mol. The Balaban J connectivity index is 1.65. The fourth-order valence-electron chi connectivity index (χ4n) is 4.13. The van der Waals surface area contributed by atoms with Crippen LogP contribution in [0.2, 0.25) is 0 Å². The Bertz CT molecular complexity index is 881. The molecule has 31 heavy (non-hydrogen) atoms. The molecule has 0 spiro atoms. The Kier molecular flexibility index (Phi) is 7.26. The number of allylic oxidation sites excluding steroid dienone is 4. The summed E-state index contributed by atoms with van der Waals surface area (Å²) in [5.74, 6) is 1.11. The van der Waals surface area contributed by atoms with Crippen molar-refractivity contribution < 1.29 is 22.7 Å². The summed E-state index contributed by atoms with van der Waals surface area (Å²) in [6.45, 7) is 9.45. The molecular formula is C24H29F3N2O2. The molecule has 2 aliphatic rings. The quantitative estimate of drug-likeness (QED) is 0.371. The third-order valence-electron chi connectivity index (χ3n) is 6.01. The zero-order chi connectivity index (χ0) is 22.6. The van der Waals surface area contributed by atoms with Crippen LogP contribution in [0, 0.1) is 0 Å². The Morgan fingerprint density at radius 3 is 2.52 bits per heavy atom. The minimum atomic E-state index is -4.33. The molecule has 0 saturated carbocycles. The van der Waals surface area contributed by atoms with Gasteiger partial charge in [-0.2, -0.15) is 13.2 Å². The van der Waals surface area contributed by atoms with Crippen molar-refractivity contribution in [2.75, 3.05) is 19.6 Å². The van der Waals surface area contributed by atoms with Gasteiger partial charge >= 0.3 is 6.18 Å². The van der Waals surface area contributed by atoms with E-state index in [1.54, 1.807) is 6.92 Å². The van der Waals surface area contributed by atoms with Crippen molar-refractivity contribution in [2.24, 2.45) is 0 Å². The van der Waals surface area contributed by atoms with E-state index in [0.717, 1.165) is 64.0 Å². The third kappa shape index (κ3) is 5.79. The zero-order valence-corrected chi connectivity index (χ0v) is 18.0. The summed E-state index contributed by atoms with van der Waals surface area (Å²) in [5, 5.41) is 0. The largest absolute Gasteiger partial charge is 0.462 e. The van der Waals surface area contributed by atoms with Crippen LogP contribution in [0.5, 0.6) is 5.75 Å². The predicted molar refractivity (Wildman–Crippen MR) is 115 cm³/mol. The summed E-state index contributed by atoms with van der Waals surface area (Å²) in [6.07, 6.45) is 2.14. The first-order valence-corrected chi connectivity index (χ1v) is 10.6. The third-order valence-corrected chi connectivity index (χ3v) is 6.01. The lowest BCUT2D eigenvalue weighted by Crippen LogP contribution is -2.47. The van der Waals surface area contributed by atoms with E-state index in [1.165, 1.54) is 17.7 Å². The van der Waals surface area contributed by atoms with E-state index in [-0.39, 0.29) is 5.91 Å². The van der Waals surface area contributed by atoms with Crippen LogP contribution in [0.15, 0.2) is 54.3 Å². The Labute approximate surface area is 181 Å². The number of likely N-dealkylation sites (tertiary alicyclic amines) is 1. The van der Waals surface area contributed by atoms with Crippen molar-refractivity contribution in [3.8, 4) is 5.75 Å². The van der Waals surface area contributed by atoms with Gasteiger partial charge in [0.25, 0.3) is 0 Å². The van der Waals surface area contributed by atoms with E-state index < -0.39 is 11.7 Å². The molecule has 0 bridgehead atoms. The SMILES string of the molecule is C=CC(=O)N1CCC(N2CCc3c(cccc3O/C(C)=C/C=C(\C)C(F)(F)F)C2)CC1. The molecule has 0 aliphatic carbocycles. The molecule has 0 atom stereocenters. The number of carbonyl (C=O) groups is 1. The average molecular weight is 435 g/mol. The van der Waals surface area contributed by atoms with E-state index >= 15 is 0 Å². The van der Waals surface area contributed by atoms with Gasteiger partial charge in [-0.15, -0.1) is 0 Å². The summed E-state index contributed by atoms with van der Waals surface area (Å²) < 4.78 is 43.8. The van der Waals surface area contributed by atoms with E-state index in [9.17, 15) is 18.0 Å². The molecule has 1 aromatic carbocycles. The second kappa shape index (κ2) is 9.73. The molecule has 0 aromatic heterocycles. The number of ether oxygens (including phenoxy) is 1. The molecule has 3 rings (SSSR count). The number of hydrogen-bond acceptors (Lipinski definition) is 3. The first-order chi connectivity index (χ1) is 14.7. The predicted octanol–water partition coefficient (Wildman–Crippen LogP) is 5.01. The minimum absolute atomic E-state index is 0.00655. The van der Waals surface area contributed by atoms with Crippen molar-refractivity contribution >= 4 is 5.91 Å². The summed E-state index contributed by atoms with van der Waals surface area (Å²) in [6, 6.07) is 6.31. The van der Waals surface area contributed by atoms with Gasteiger partial charge in [0, 0.05) is 43.4 Å². The van der Waals surface area contributed by atoms with Crippen molar-refractivity contribution in [1.82, 2.24) is 9.80 Å². The summed E-state index contributed by atoms with van der Waals surface area (Å²) in [4.78, 5) is 16.1. The van der Waals surface area contributed by atoms with Crippen molar-refractivity contribution in [2.45, 2.75) is 51.9 Å². The molecule has 0 radical (unpaired) electrons. The highest BCUT2D eigenvalue weighted by Gasteiger charge is 2.30. The van der Waals surface area contributed by atoms with Gasteiger partial charge in [-0.25, -0.2) is 0 Å². The molecule has 7 heteroatoms. The van der Waals surface area contributed by atoms with Crippen LogP contribution >= 0.6 is 0 Å². The zero-order valence-electron chi connectivity index (χ0n) is 18.0. The van der Waals surface area contributed by atoms with Crippen LogP contribution in [0.25, 0.3) is 0 Å². The standard InChI is InChI=1S/C24H29F3N2O2/c1-4-23(30)28-13-10-20(11-14-28)29-15-12-21-19(16-29)6-5-7-22(21)31-18(3)9-8-17(2)24(25,26)27/h4-9,20H,1,10-16H2,2-3H3/b17-8+,18-9+. The number of fused-ring (bicyclic) bond motifs is 1. The van der Waals surface area contributed by atoms with Gasteiger partial charge in [0.2, 0.25) is 5.91 Å². The van der Waals surface area contributed by atoms with Crippen LogP contribution in [-0.4, -0.2) is 47.6 Å². The molecule has 1 amide bonds. The molecule has 4 nitrogen and oxygen atoms in total. The minimum Gasteiger partial charge on any atom is -0.462 e. The molecular weight excluding hydrogens is 405 g/mol. The molecule has 168 valence electrons. The number of alkyl halides is 3. The number of piperidine rings is 1. The molecule has 0 unspecified atom stereocenters.